The molecule has 2 aliphatic rings. The molecule has 0 unspecified atom stereocenters. The summed E-state index contributed by atoms with van der Waals surface area (Å²) in [6.07, 6.45) is 1.72. The van der Waals surface area contributed by atoms with Gasteiger partial charge in [0.15, 0.2) is 6.10 Å². The molecule has 0 spiro atoms. The Balaban J connectivity index is 1.45. The zero-order chi connectivity index (χ0) is 18.1. The quantitative estimate of drug-likeness (QED) is 0.800. The fourth-order valence-electron chi connectivity index (χ4n) is 3.31. The van der Waals surface area contributed by atoms with Gasteiger partial charge in [-0.05, 0) is 37.1 Å². The summed E-state index contributed by atoms with van der Waals surface area (Å²) < 4.78 is 11.0. The summed E-state index contributed by atoms with van der Waals surface area (Å²) >= 11 is 0. The van der Waals surface area contributed by atoms with Gasteiger partial charge in [-0.15, -0.1) is 0 Å². The Morgan fingerprint density at radius 1 is 1.12 bits per heavy atom. The number of esters is 1. The standard InChI is InChI=1S/C21H19NO4/c1-14(20(23)22-11-10-15-6-2-4-8-18(15)22)26-21(24)17-12-16-7-3-5-9-19(16)25-13-17/h2-9,12,14H,10-11,13H2,1H3/t14-/m1/s1. The maximum atomic E-state index is 12.7. The van der Waals surface area contributed by atoms with Crippen molar-refractivity contribution in [3.05, 3.63) is 65.2 Å². The highest BCUT2D eigenvalue weighted by molar-refractivity contribution is 6.01. The van der Waals surface area contributed by atoms with Gasteiger partial charge in [0.05, 0.1) is 5.57 Å². The van der Waals surface area contributed by atoms with Gasteiger partial charge in [-0.3, -0.25) is 4.79 Å². The highest BCUT2D eigenvalue weighted by atomic mass is 16.6. The minimum absolute atomic E-state index is 0.142. The Morgan fingerprint density at radius 2 is 1.88 bits per heavy atom. The van der Waals surface area contributed by atoms with Crippen LogP contribution in [0.4, 0.5) is 5.69 Å². The molecule has 1 amide bonds. The van der Waals surface area contributed by atoms with Gasteiger partial charge in [0.2, 0.25) is 0 Å². The van der Waals surface area contributed by atoms with Crippen molar-refractivity contribution in [1.29, 1.82) is 0 Å². The first-order valence-electron chi connectivity index (χ1n) is 8.66. The molecule has 0 radical (unpaired) electrons. The van der Waals surface area contributed by atoms with Crippen LogP contribution in [0.5, 0.6) is 5.75 Å². The average molecular weight is 349 g/mol. The number of hydrogen-bond acceptors (Lipinski definition) is 4. The molecule has 0 aliphatic carbocycles. The Labute approximate surface area is 151 Å². The largest absolute Gasteiger partial charge is 0.488 e. The topological polar surface area (TPSA) is 55.8 Å². The Hall–Kier alpha value is -3.08. The molecule has 5 heteroatoms. The van der Waals surface area contributed by atoms with Crippen molar-refractivity contribution in [2.24, 2.45) is 0 Å². The van der Waals surface area contributed by atoms with Crippen molar-refractivity contribution in [3.8, 4) is 5.75 Å². The molecule has 0 saturated carbocycles. The monoisotopic (exact) mass is 349 g/mol. The van der Waals surface area contributed by atoms with E-state index in [-0.39, 0.29) is 12.5 Å². The second-order valence-corrected chi connectivity index (χ2v) is 6.41. The third-order valence-corrected chi connectivity index (χ3v) is 4.68. The van der Waals surface area contributed by atoms with Crippen LogP contribution >= 0.6 is 0 Å². The molecule has 26 heavy (non-hydrogen) atoms. The minimum atomic E-state index is -0.855. The van der Waals surface area contributed by atoms with Gasteiger partial charge in [-0.2, -0.15) is 0 Å². The molecule has 0 N–H and O–H groups in total. The normalized spacial score (nSPS) is 16.0. The Bertz CT molecular complexity index is 902. The fourth-order valence-corrected chi connectivity index (χ4v) is 3.31. The number of benzene rings is 2. The molecule has 0 fully saturated rings. The van der Waals surface area contributed by atoms with Gasteiger partial charge < -0.3 is 14.4 Å². The Morgan fingerprint density at radius 3 is 2.77 bits per heavy atom. The van der Waals surface area contributed by atoms with Gasteiger partial charge >= 0.3 is 5.97 Å². The van der Waals surface area contributed by atoms with Crippen LogP contribution in [0.3, 0.4) is 0 Å². The number of carbonyl (C=O) groups is 2. The highest BCUT2D eigenvalue weighted by Crippen LogP contribution is 2.29. The summed E-state index contributed by atoms with van der Waals surface area (Å²) in [4.78, 5) is 26.9. The smallest absolute Gasteiger partial charge is 0.338 e. The molecular formula is C21H19NO4. The van der Waals surface area contributed by atoms with Crippen molar-refractivity contribution < 1.29 is 19.1 Å². The van der Waals surface area contributed by atoms with E-state index in [2.05, 4.69) is 0 Å². The number of hydrogen-bond donors (Lipinski definition) is 0. The van der Waals surface area contributed by atoms with Crippen LogP contribution in [0, 0.1) is 0 Å². The highest BCUT2D eigenvalue weighted by Gasteiger charge is 2.30. The second-order valence-electron chi connectivity index (χ2n) is 6.41. The second kappa shape index (κ2) is 6.67. The van der Waals surface area contributed by atoms with E-state index in [1.807, 2.05) is 48.5 Å². The number of carbonyl (C=O) groups excluding carboxylic acids is 2. The lowest BCUT2D eigenvalue weighted by atomic mass is 10.1. The molecule has 0 aromatic heterocycles. The predicted molar refractivity (Wildman–Crippen MR) is 98.0 cm³/mol. The van der Waals surface area contributed by atoms with E-state index in [0.29, 0.717) is 12.1 Å². The maximum absolute atomic E-state index is 12.7. The summed E-state index contributed by atoms with van der Waals surface area (Å²) in [5, 5.41) is 0. The number of anilines is 1. The van der Waals surface area contributed by atoms with E-state index in [0.717, 1.165) is 29.0 Å². The van der Waals surface area contributed by atoms with E-state index >= 15 is 0 Å². The van der Waals surface area contributed by atoms with Crippen molar-refractivity contribution in [1.82, 2.24) is 0 Å². The summed E-state index contributed by atoms with van der Waals surface area (Å²) in [5.74, 6) is 0.00992. The van der Waals surface area contributed by atoms with E-state index in [4.69, 9.17) is 9.47 Å². The van der Waals surface area contributed by atoms with E-state index in [1.54, 1.807) is 17.9 Å². The van der Waals surface area contributed by atoms with Crippen molar-refractivity contribution >= 4 is 23.6 Å². The SMILES string of the molecule is C[C@@H](OC(=O)C1=Cc2ccccc2OC1)C(=O)N1CCc2ccccc21. The van der Waals surface area contributed by atoms with Crippen LogP contribution in [0.15, 0.2) is 54.1 Å². The first kappa shape index (κ1) is 16.4. The number of amides is 1. The van der Waals surface area contributed by atoms with E-state index in [9.17, 15) is 9.59 Å². The third kappa shape index (κ3) is 2.96. The molecule has 2 aromatic carbocycles. The third-order valence-electron chi connectivity index (χ3n) is 4.68. The molecular weight excluding hydrogens is 330 g/mol. The summed E-state index contributed by atoms with van der Waals surface area (Å²) in [7, 11) is 0. The summed E-state index contributed by atoms with van der Waals surface area (Å²) in [6, 6.07) is 15.3. The summed E-state index contributed by atoms with van der Waals surface area (Å²) in [6.45, 7) is 2.36. The predicted octanol–water partition coefficient (Wildman–Crippen LogP) is 2.98. The van der Waals surface area contributed by atoms with Crippen LogP contribution in [0.2, 0.25) is 0 Å². The molecule has 4 rings (SSSR count). The lowest BCUT2D eigenvalue weighted by Gasteiger charge is -2.23. The van der Waals surface area contributed by atoms with Crippen molar-refractivity contribution in [3.63, 3.8) is 0 Å². The number of para-hydroxylation sites is 2. The number of ether oxygens (including phenoxy) is 2. The molecule has 2 aliphatic heterocycles. The van der Waals surface area contributed by atoms with E-state index in [1.165, 1.54) is 0 Å². The molecule has 2 heterocycles. The zero-order valence-corrected chi connectivity index (χ0v) is 14.5. The van der Waals surface area contributed by atoms with Gasteiger partial charge in [0.1, 0.15) is 12.4 Å². The fraction of sp³-hybridized carbons (Fsp3) is 0.238. The molecule has 132 valence electrons. The zero-order valence-electron chi connectivity index (χ0n) is 14.5. The van der Waals surface area contributed by atoms with Crippen molar-refractivity contribution in [2.75, 3.05) is 18.1 Å². The molecule has 0 bridgehead atoms. The summed E-state index contributed by atoms with van der Waals surface area (Å²) in [5.41, 5.74) is 3.28. The van der Waals surface area contributed by atoms with Crippen molar-refractivity contribution in [2.45, 2.75) is 19.4 Å². The lowest BCUT2D eigenvalue weighted by Crippen LogP contribution is -2.39. The number of rotatable bonds is 3. The number of nitrogens with zero attached hydrogens (tertiary/aromatic N) is 1. The van der Waals surface area contributed by atoms with Gasteiger partial charge in [-0.1, -0.05) is 36.4 Å². The van der Waals surface area contributed by atoms with E-state index < -0.39 is 12.1 Å². The first-order chi connectivity index (χ1) is 12.6. The lowest BCUT2D eigenvalue weighted by molar-refractivity contribution is -0.150. The van der Waals surface area contributed by atoms with Crippen LogP contribution in [-0.4, -0.2) is 31.1 Å². The first-order valence-corrected chi connectivity index (χ1v) is 8.66. The molecule has 1 atom stereocenters. The van der Waals surface area contributed by atoms with Gasteiger partial charge in [-0.25, -0.2) is 4.79 Å². The maximum Gasteiger partial charge on any atom is 0.338 e. The van der Waals surface area contributed by atoms with Gasteiger partial charge in [0.25, 0.3) is 5.91 Å². The van der Waals surface area contributed by atoms with Crippen LogP contribution in [0.25, 0.3) is 6.08 Å². The number of fused-ring (bicyclic) bond motifs is 2. The average Bonchev–Trinajstić information content (AvgIpc) is 3.11. The Kier molecular flexibility index (Phi) is 4.21. The molecule has 0 saturated heterocycles. The minimum Gasteiger partial charge on any atom is -0.488 e. The molecule has 2 aromatic rings. The van der Waals surface area contributed by atoms with Crippen LogP contribution in [0.1, 0.15) is 18.1 Å². The molecule has 5 nitrogen and oxygen atoms in total. The van der Waals surface area contributed by atoms with Crippen LogP contribution in [-0.2, 0) is 20.7 Å². The van der Waals surface area contributed by atoms with Crippen LogP contribution < -0.4 is 9.64 Å². The van der Waals surface area contributed by atoms with Gasteiger partial charge in [0, 0.05) is 17.8 Å².